The predicted octanol–water partition coefficient (Wildman–Crippen LogP) is 2.27. The lowest BCUT2D eigenvalue weighted by atomic mass is 9.76. The van der Waals surface area contributed by atoms with Crippen LogP contribution in [-0.2, 0) is 9.53 Å². The molecule has 1 heterocycles. The molecule has 1 fully saturated rings. The van der Waals surface area contributed by atoms with E-state index in [1.54, 1.807) is 0 Å². The van der Waals surface area contributed by atoms with Crippen LogP contribution in [0.25, 0.3) is 0 Å². The highest BCUT2D eigenvalue weighted by atomic mass is 16.5. The van der Waals surface area contributed by atoms with E-state index in [2.05, 4.69) is 6.92 Å². The number of carbonyl (C=O) groups excluding carboxylic acids is 1. The summed E-state index contributed by atoms with van der Waals surface area (Å²) < 4.78 is 5.32. The van der Waals surface area contributed by atoms with Crippen LogP contribution in [0.1, 0.15) is 34.1 Å². The summed E-state index contributed by atoms with van der Waals surface area (Å²) in [7, 11) is 0. The Hall–Kier alpha value is -0.370. The number of carbonyl (C=O) groups is 1. The Labute approximate surface area is 80.7 Å². The zero-order valence-electron chi connectivity index (χ0n) is 9.09. The average Bonchev–Trinajstić information content (AvgIpc) is 2.02. The van der Waals surface area contributed by atoms with Crippen molar-refractivity contribution in [1.29, 1.82) is 0 Å². The third-order valence-corrected chi connectivity index (χ3v) is 2.72. The SMILES string of the molecule is CC1COCCC1C(=O)C(C)(C)C. The molecular weight excluding hydrogens is 164 g/mol. The maximum absolute atomic E-state index is 12.0. The van der Waals surface area contributed by atoms with Crippen LogP contribution in [0.3, 0.4) is 0 Å². The van der Waals surface area contributed by atoms with Gasteiger partial charge in [0.2, 0.25) is 0 Å². The minimum atomic E-state index is -0.198. The molecule has 0 N–H and O–H groups in total. The number of ketones is 1. The van der Waals surface area contributed by atoms with E-state index in [1.807, 2.05) is 20.8 Å². The normalized spacial score (nSPS) is 30.2. The van der Waals surface area contributed by atoms with Crippen molar-refractivity contribution < 1.29 is 9.53 Å². The molecule has 0 aromatic heterocycles. The van der Waals surface area contributed by atoms with Crippen LogP contribution in [0.4, 0.5) is 0 Å². The smallest absolute Gasteiger partial charge is 0.141 e. The van der Waals surface area contributed by atoms with Gasteiger partial charge in [0.15, 0.2) is 0 Å². The molecule has 0 spiro atoms. The van der Waals surface area contributed by atoms with Crippen molar-refractivity contribution in [3.05, 3.63) is 0 Å². The first kappa shape index (κ1) is 10.7. The molecule has 0 aromatic rings. The topological polar surface area (TPSA) is 26.3 Å². The van der Waals surface area contributed by atoms with Gasteiger partial charge in [-0.2, -0.15) is 0 Å². The first-order valence-electron chi connectivity index (χ1n) is 5.05. The van der Waals surface area contributed by atoms with E-state index in [0.717, 1.165) is 19.6 Å². The van der Waals surface area contributed by atoms with Gasteiger partial charge in [-0.25, -0.2) is 0 Å². The lowest BCUT2D eigenvalue weighted by molar-refractivity contribution is -0.136. The van der Waals surface area contributed by atoms with Crippen molar-refractivity contribution in [3.8, 4) is 0 Å². The molecule has 1 aliphatic heterocycles. The zero-order chi connectivity index (χ0) is 10.1. The molecule has 0 aromatic carbocycles. The second-order valence-electron chi connectivity index (χ2n) is 5.06. The summed E-state index contributed by atoms with van der Waals surface area (Å²) in [5.41, 5.74) is -0.198. The molecule has 0 radical (unpaired) electrons. The minimum absolute atomic E-state index is 0.198. The van der Waals surface area contributed by atoms with Crippen molar-refractivity contribution >= 4 is 5.78 Å². The molecule has 2 heteroatoms. The minimum Gasteiger partial charge on any atom is -0.381 e. The first-order valence-corrected chi connectivity index (χ1v) is 5.05. The fourth-order valence-corrected chi connectivity index (χ4v) is 1.83. The van der Waals surface area contributed by atoms with Crippen LogP contribution in [0.5, 0.6) is 0 Å². The van der Waals surface area contributed by atoms with Gasteiger partial charge in [-0.15, -0.1) is 0 Å². The Morgan fingerprint density at radius 1 is 1.38 bits per heavy atom. The fraction of sp³-hybridized carbons (Fsp3) is 0.909. The van der Waals surface area contributed by atoms with Crippen LogP contribution in [0.2, 0.25) is 0 Å². The lowest BCUT2D eigenvalue weighted by Crippen LogP contribution is -2.37. The van der Waals surface area contributed by atoms with Gasteiger partial charge in [0.1, 0.15) is 5.78 Å². The van der Waals surface area contributed by atoms with Gasteiger partial charge in [-0.1, -0.05) is 27.7 Å². The Kier molecular flexibility index (Phi) is 3.12. The van der Waals surface area contributed by atoms with Gasteiger partial charge < -0.3 is 4.74 Å². The molecule has 1 rings (SSSR count). The van der Waals surface area contributed by atoms with Gasteiger partial charge in [0.05, 0.1) is 0 Å². The van der Waals surface area contributed by atoms with Crippen molar-refractivity contribution in [3.63, 3.8) is 0 Å². The molecule has 1 saturated heterocycles. The Balaban J connectivity index is 2.64. The maximum Gasteiger partial charge on any atom is 0.141 e. The molecule has 0 amide bonds. The van der Waals surface area contributed by atoms with E-state index in [9.17, 15) is 4.79 Å². The summed E-state index contributed by atoms with van der Waals surface area (Å²) in [5, 5.41) is 0. The predicted molar refractivity (Wildman–Crippen MR) is 52.6 cm³/mol. The molecule has 0 aliphatic carbocycles. The van der Waals surface area contributed by atoms with Crippen LogP contribution in [0, 0.1) is 17.3 Å². The molecule has 76 valence electrons. The van der Waals surface area contributed by atoms with E-state index in [4.69, 9.17) is 4.74 Å². The highest BCUT2D eigenvalue weighted by Gasteiger charge is 2.34. The van der Waals surface area contributed by atoms with Gasteiger partial charge in [0.25, 0.3) is 0 Å². The third kappa shape index (κ3) is 2.53. The monoisotopic (exact) mass is 184 g/mol. The molecule has 13 heavy (non-hydrogen) atoms. The molecule has 2 unspecified atom stereocenters. The van der Waals surface area contributed by atoms with Crippen molar-refractivity contribution in [1.82, 2.24) is 0 Å². The number of rotatable bonds is 1. The van der Waals surface area contributed by atoms with Crippen molar-refractivity contribution in [2.75, 3.05) is 13.2 Å². The van der Waals surface area contributed by atoms with Crippen LogP contribution in [0.15, 0.2) is 0 Å². The largest absolute Gasteiger partial charge is 0.381 e. The van der Waals surface area contributed by atoms with Gasteiger partial charge in [0, 0.05) is 24.5 Å². The number of hydrogen-bond donors (Lipinski definition) is 0. The highest BCUT2D eigenvalue weighted by Crippen LogP contribution is 2.29. The zero-order valence-corrected chi connectivity index (χ0v) is 9.09. The summed E-state index contributed by atoms with van der Waals surface area (Å²) in [4.78, 5) is 12.0. The standard InChI is InChI=1S/C11H20O2/c1-8-7-13-6-5-9(8)10(12)11(2,3)4/h8-9H,5-7H2,1-4H3. The van der Waals surface area contributed by atoms with E-state index >= 15 is 0 Å². The van der Waals surface area contributed by atoms with Crippen LogP contribution < -0.4 is 0 Å². The molecule has 0 bridgehead atoms. The average molecular weight is 184 g/mol. The summed E-state index contributed by atoms with van der Waals surface area (Å²) >= 11 is 0. The second kappa shape index (κ2) is 3.79. The molecule has 2 nitrogen and oxygen atoms in total. The quantitative estimate of drug-likeness (QED) is 0.625. The third-order valence-electron chi connectivity index (χ3n) is 2.72. The summed E-state index contributed by atoms with van der Waals surface area (Å²) in [5.74, 6) is 0.998. The van der Waals surface area contributed by atoms with E-state index in [-0.39, 0.29) is 11.3 Å². The van der Waals surface area contributed by atoms with Gasteiger partial charge in [-0.3, -0.25) is 4.79 Å². The summed E-state index contributed by atoms with van der Waals surface area (Å²) in [6.07, 6.45) is 0.900. The lowest BCUT2D eigenvalue weighted by Gasteiger charge is -2.32. The van der Waals surface area contributed by atoms with E-state index in [0.29, 0.717) is 11.7 Å². The summed E-state index contributed by atoms with van der Waals surface area (Å²) in [6, 6.07) is 0. The molecule has 1 aliphatic rings. The molecular formula is C11H20O2. The van der Waals surface area contributed by atoms with E-state index < -0.39 is 0 Å². The maximum atomic E-state index is 12.0. The van der Waals surface area contributed by atoms with Crippen LogP contribution in [-0.4, -0.2) is 19.0 Å². The molecule has 0 saturated carbocycles. The van der Waals surface area contributed by atoms with Gasteiger partial charge in [-0.05, 0) is 12.3 Å². The van der Waals surface area contributed by atoms with Crippen molar-refractivity contribution in [2.24, 2.45) is 17.3 Å². The van der Waals surface area contributed by atoms with Crippen molar-refractivity contribution in [2.45, 2.75) is 34.1 Å². The van der Waals surface area contributed by atoms with Crippen LogP contribution >= 0.6 is 0 Å². The Morgan fingerprint density at radius 2 is 2.00 bits per heavy atom. The Morgan fingerprint density at radius 3 is 2.46 bits per heavy atom. The number of ether oxygens (including phenoxy) is 1. The molecule has 2 atom stereocenters. The van der Waals surface area contributed by atoms with E-state index in [1.165, 1.54) is 0 Å². The summed E-state index contributed by atoms with van der Waals surface area (Å²) in [6.45, 7) is 9.59. The fourth-order valence-electron chi connectivity index (χ4n) is 1.83. The Bertz CT molecular complexity index is 191. The number of hydrogen-bond acceptors (Lipinski definition) is 2. The first-order chi connectivity index (χ1) is 5.93. The highest BCUT2D eigenvalue weighted by molar-refractivity contribution is 5.86. The number of Topliss-reactive ketones (excluding diaryl/α,β-unsaturated/α-hetero) is 1. The second-order valence-corrected chi connectivity index (χ2v) is 5.06. The van der Waals surface area contributed by atoms with Gasteiger partial charge >= 0.3 is 0 Å².